The molecule has 0 N–H and O–H groups in total. The van der Waals surface area contributed by atoms with Crippen LogP contribution in [0.2, 0.25) is 0 Å². The maximum atomic E-state index is 13.3. The van der Waals surface area contributed by atoms with Crippen LogP contribution < -0.4 is 0 Å². The predicted octanol–water partition coefficient (Wildman–Crippen LogP) is 3.04. The van der Waals surface area contributed by atoms with Gasteiger partial charge in [-0.05, 0) is 24.3 Å². The van der Waals surface area contributed by atoms with Crippen molar-refractivity contribution in [3.63, 3.8) is 0 Å². The summed E-state index contributed by atoms with van der Waals surface area (Å²) in [5.41, 5.74) is 1.24. The third-order valence-corrected chi connectivity index (χ3v) is 2.29. The van der Waals surface area contributed by atoms with E-state index >= 15 is 0 Å². The zero-order chi connectivity index (χ0) is 12.1. The van der Waals surface area contributed by atoms with Gasteiger partial charge in [-0.25, -0.2) is 4.39 Å². The number of carbonyl (C=O) groups excluding carboxylic acids is 1. The molecule has 0 aromatic heterocycles. The first-order valence-corrected chi connectivity index (χ1v) is 5.12. The van der Waals surface area contributed by atoms with Crippen LogP contribution in [-0.4, -0.2) is 6.29 Å². The number of carbonyl (C=O) groups is 1. The Morgan fingerprint density at radius 1 is 0.941 bits per heavy atom. The normalized spacial score (nSPS) is 9.24. The quantitative estimate of drug-likeness (QED) is 0.537. The summed E-state index contributed by atoms with van der Waals surface area (Å²) >= 11 is 0. The van der Waals surface area contributed by atoms with Gasteiger partial charge in [-0.2, -0.15) is 0 Å². The molecule has 0 atom stereocenters. The molecule has 2 heteroatoms. The summed E-state index contributed by atoms with van der Waals surface area (Å²) in [5.74, 6) is 5.15. The van der Waals surface area contributed by atoms with E-state index in [1.165, 1.54) is 12.1 Å². The molecular weight excluding hydrogens is 215 g/mol. The zero-order valence-electron chi connectivity index (χ0n) is 8.98. The highest BCUT2D eigenvalue weighted by Gasteiger charge is 2.04. The van der Waals surface area contributed by atoms with Crippen molar-refractivity contribution in [3.05, 3.63) is 71.0 Å². The van der Waals surface area contributed by atoms with Gasteiger partial charge in [0, 0.05) is 11.1 Å². The van der Waals surface area contributed by atoms with Gasteiger partial charge < -0.3 is 0 Å². The Morgan fingerprint density at radius 3 is 2.41 bits per heavy atom. The number of benzene rings is 2. The van der Waals surface area contributed by atoms with E-state index in [1.807, 2.05) is 30.3 Å². The number of rotatable bonds is 1. The predicted molar refractivity (Wildman–Crippen MR) is 64.2 cm³/mol. The highest BCUT2D eigenvalue weighted by molar-refractivity contribution is 5.79. The highest BCUT2D eigenvalue weighted by atomic mass is 19.1. The first-order chi connectivity index (χ1) is 8.31. The molecule has 0 spiro atoms. The van der Waals surface area contributed by atoms with E-state index in [2.05, 4.69) is 11.8 Å². The third-order valence-electron chi connectivity index (χ3n) is 2.29. The fourth-order valence-electron chi connectivity index (χ4n) is 1.43. The molecule has 0 saturated heterocycles. The number of halogens is 1. The van der Waals surface area contributed by atoms with Crippen LogP contribution in [0.25, 0.3) is 0 Å². The van der Waals surface area contributed by atoms with Crippen molar-refractivity contribution in [2.24, 2.45) is 0 Å². The van der Waals surface area contributed by atoms with Crippen LogP contribution in [-0.2, 0) is 0 Å². The minimum Gasteiger partial charge on any atom is -0.298 e. The Balaban J connectivity index is 2.41. The molecule has 1 nitrogen and oxygen atoms in total. The fraction of sp³-hybridized carbons (Fsp3) is 0. The van der Waals surface area contributed by atoms with Crippen molar-refractivity contribution in [2.75, 3.05) is 0 Å². The van der Waals surface area contributed by atoms with Gasteiger partial charge in [0.15, 0.2) is 6.29 Å². The summed E-state index contributed by atoms with van der Waals surface area (Å²) in [5, 5.41) is 0. The summed E-state index contributed by atoms with van der Waals surface area (Å²) in [6, 6.07) is 13.8. The van der Waals surface area contributed by atoms with E-state index in [9.17, 15) is 9.18 Å². The van der Waals surface area contributed by atoms with E-state index < -0.39 is 5.82 Å². The number of hydrogen-bond acceptors (Lipinski definition) is 1. The van der Waals surface area contributed by atoms with Gasteiger partial charge in [0.25, 0.3) is 0 Å². The highest BCUT2D eigenvalue weighted by Crippen LogP contribution is 2.10. The van der Waals surface area contributed by atoms with Crippen LogP contribution in [0.1, 0.15) is 21.5 Å². The molecule has 0 bridgehead atoms. The molecule has 0 saturated carbocycles. The first-order valence-electron chi connectivity index (χ1n) is 5.12. The van der Waals surface area contributed by atoms with Crippen molar-refractivity contribution in [2.45, 2.75) is 0 Å². The Kier molecular flexibility index (Phi) is 3.32. The van der Waals surface area contributed by atoms with Gasteiger partial charge in [-0.3, -0.25) is 4.79 Å². The Labute approximate surface area is 98.9 Å². The molecule has 0 aliphatic carbocycles. The van der Waals surface area contributed by atoms with E-state index in [0.29, 0.717) is 11.8 Å². The average molecular weight is 224 g/mol. The maximum Gasteiger partial charge on any atom is 0.154 e. The van der Waals surface area contributed by atoms with Crippen LogP contribution in [0.5, 0.6) is 0 Å². The molecular formula is C15H9FO. The smallest absolute Gasteiger partial charge is 0.154 e. The molecule has 0 aliphatic rings. The van der Waals surface area contributed by atoms with Crippen LogP contribution in [0.4, 0.5) is 4.39 Å². The molecule has 2 aromatic carbocycles. The third kappa shape index (κ3) is 2.59. The number of hydrogen-bond donors (Lipinski definition) is 0. The van der Waals surface area contributed by atoms with Gasteiger partial charge in [0.05, 0.1) is 5.56 Å². The van der Waals surface area contributed by atoms with Crippen LogP contribution >= 0.6 is 0 Å². The maximum absolute atomic E-state index is 13.3. The molecule has 0 radical (unpaired) electrons. The monoisotopic (exact) mass is 224 g/mol. The van der Waals surface area contributed by atoms with Gasteiger partial charge >= 0.3 is 0 Å². The van der Waals surface area contributed by atoms with E-state index in [-0.39, 0.29) is 5.56 Å². The second kappa shape index (κ2) is 5.09. The Hall–Kier alpha value is -2.40. The van der Waals surface area contributed by atoms with Crippen LogP contribution in [0, 0.1) is 17.7 Å². The zero-order valence-corrected chi connectivity index (χ0v) is 8.98. The summed E-state index contributed by atoms with van der Waals surface area (Å²) < 4.78 is 13.3. The SMILES string of the molecule is O=Cc1c(F)cccc1C#Cc1ccccc1. The topological polar surface area (TPSA) is 17.1 Å². The number of aldehydes is 1. The summed E-state index contributed by atoms with van der Waals surface area (Å²) in [6.07, 6.45) is 0.490. The van der Waals surface area contributed by atoms with E-state index in [1.54, 1.807) is 6.07 Å². The van der Waals surface area contributed by atoms with Crippen LogP contribution in [0.3, 0.4) is 0 Å². The lowest BCUT2D eigenvalue weighted by atomic mass is 10.1. The first kappa shape index (κ1) is 11.1. The second-order valence-corrected chi connectivity index (χ2v) is 3.43. The van der Waals surface area contributed by atoms with E-state index in [4.69, 9.17) is 0 Å². The standard InChI is InChI=1S/C15H9FO/c16-15-8-4-7-13(14(15)11-17)10-9-12-5-2-1-3-6-12/h1-8,11H. The lowest BCUT2D eigenvalue weighted by Gasteiger charge is -1.97. The van der Waals surface area contributed by atoms with Crippen molar-refractivity contribution < 1.29 is 9.18 Å². The largest absolute Gasteiger partial charge is 0.298 e. The molecule has 0 unspecified atom stereocenters. The molecule has 2 aromatic rings. The molecule has 17 heavy (non-hydrogen) atoms. The lowest BCUT2D eigenvalue weighted by Crippen LogP contribution is -1.92. The summed E-state index contributed by atoms with van der Waals surface area (Å²) in [4.78, 5) is 10.8. The van der Waals surface area contributed by atoms with Crippen LogP contribution in [0.15, 0.2) is 48.5 Å². The van der Waals surface area contributed by atoms with E-state index in [0.717, 1.165) is 5.56 Å². The van der Waals surface area contributed by atoms with Gasteiger partial charge in [0.1, 0.15) is 5.82 Å². The van der Waals surface area contributed by atoms with Gasteiger partial charge in [0.2, 0.25) is 0 Å². The second-order valence-electron chi connectivity index (χ2n) is 3.43. The molecule has 0 amide bonds. The molecule has 2 rings (SSSR count). The minimum absolute atomic E-state index is 0.0101. The molecule has 0 aliphatic heterocycles. The van der Waals surface area contributed by atoms with Crippen molar-refractivity contribution in [3.8, 4) is 11.8 Å². The molecule has 0 fully saturated rings. The molecule has 82 valence electrons. The summed E-state index contributed by atoms with van der Waals surface area (Å²) in [6.45, 7) is 0. The minimum atomic E-state index is -0.542. The van der Waals surface area contributed by atoms with Gasteiger partial charge in [-0.15, -0.1) is 0 Å². The Morgan fingerprint density at radius 2 is 1.71 bits per heavy atom. The van der Waals surface area contributed by atoms with Crippen molar-refractivity contribution in [1.82, 2.24) is 0 Å². The van der Waals surface area contributed by atoms with Crippen molar-refractivity contribution >= 4 is 6.29 Å². The summed E-state index contributed by atoms with van der Waals surface area (Å²) in [7, 11) is 0. The Bertz CT molecular complexity index is 591. The average Bonchev–Trinajstić information content (AvgIpc) is 2.37. The fourth-order valence-corrected chi connectivity index (χ4v) is 1.43. The van der Waals surface area contributed by atoms with Gasteiger partial charge in [-0.1, -0.05) is 36.1 Å². The van der Waals surface area contributed by atoms with Crippen molar-refractivity contribution in [1.29, 1.82) is 0 Å². The molecule has 0 heterocycles. The lowest BCUT2D eigenvalue weighted by molar-refractivity contribution is 0.111.